The first-order chi connectivity index (χ1) is 6.66. The first-order valence-electron chi connectivity index (χ1n) is 4.58. The number of nitrogen functional groups attached to an aromatic ring is 1. The molecule has 0 aliphatic rings. The summed E-state index contributed by atoms with van der Waals surface area (Å²) in [5.74, 6) is 0. The Morgan fingerprint density at radius 2 is 2.00 bits per heavy atom. The summed E-state index contributed by atoms with van der Waals surface area (Å²) in [6.07, 6.45) is 0. The Morgan fingerprint density at radius 3 is 2.71 bits per heavy atom. The first-order valence-corrected chi connectivity index (χ1v) is 4.58. The van der Waals surface area contributed by atoms with Crippen LogP contribution in [0.1, 0.15) is 18.7 Å². The number of anilines is 1. The van der Waals surface area contributed by atoms with Crippen LogP contribution in [-0.4, -0.2) is 4.98 Å². The summed E-state index contributed by atoms with van der Waals surface area (Å²) in [5.41, 5.74) is 14.0. The van der Waals surface area contributed by atoms with E-state index in [-0.39, 0.29) is 6.04 Å². The van der Waals surface area contributed by atoms with Crippen molar-refractivity contribution < 1.29 is 0 Å². The predicted molar refractivity (Wildman–Crippen MR) is 58.8 cm³/mol. The second-order valence-corrected chi connectivity index (χ2v) is 3.48. The van der Waals surface area contributed by atoms with Crippen molar-refractivity contribution in [3.63, 3.8) is 0 Å². The first kappa shape index (κ1) is 8.97. The van der Waals surface area contributed by atoms with Crippen LogP contribution in [0, 0.1) is 0 Å². The zero-order chi connectivity index (χ0) is 10.1. The van der Waals surface area contributed by atoms with Crippen molar-refractivity contribution in [2.45, 2.75) is 13.0 Å². The minimum atomic E-state index is -0.0306. The van der Waals surface area contributed by atoms with Crippen molar-refractivity contribution in [1.82, 2.24) is 4.98 Å². The summed E-state index contributed by atoms with van der Waals surface area (Å²) in [4.78, 5) is 4.44. The van der Waals surface area contributed by atoms with Crippen molar-refractivity contribution in [2.75, 3.05) is 5.73 Å². The monoisotopic (exact) mass is 187 g/mol. The van der Waals surface area contributed by atoms with Crippen molar-refractivity contribution in [3.05, 3.63) is 36.0 Å². The molecule has 0 saturated carbocycles. The minimum absolute atomic E-state index is 0.0306. The molecule has 72 valence electrons. The number of aromatic nitrogens is 1. The Morgan fingerprint density at radius 1 is 1.21 bits per heavy atom. The lowest BCUT2D eigenvalue weighted by atomic mass is 10.1. The standard InChI is InChI=1S/C11H13N3/c1-7(12)10-4-2-8-6-9(13)3-5-11(8)14-10/h2-7H,12-13H2,1H3. The van der Waals surface area contributed by atoms with Gasteiger partial charge in [-0.2, -0.15) is 0 Å². The fraction of sp³-hybridized carbons (Fsp3) is 0.182. The van der Waals surface area contributed by atoms with Crippen LogP contribution >= 0.6 is 0 Å². The average Bonchev–Trinajstić information content (AvgIpc) is 2.16. The molecule has 3 heteroatoms. The van der Waals surface area contributed by atoms with Gasteiger partial charge in [0.15, 0.2) is 0 Å². The number of hydrogen-bond donors (Lipinski definition) is 2. The van der Waals surface area contributed by atoms with Crippen molar-refractivity contribution in [1.29, 1.82) is 0 Å². The molecule has 1 unspecified atom stereocenters. The number of benzene rings is 1. The van der Waals surface area contributed by atoms with Crippen LogP contribution < -0.4 is 11.5 Å². The summed E-state index contributed by atoms with van der Waals surface area (Å²) in [6, 6.07) is 9.57. The van der Waals surface area contributed by atoms with E-state index in [1.807, 2.05) is 37.3 Å². The van der Waals surface area contributed by atoms with Crippen molar-refractivity contribution in [3.8, 4) is 0 Å². The van der Waals surface area contributed by atoms with E-state index in [1.165, 1.54) is 0 Å². The number of fused-ring (bicyclic) bond motifs is 1. The maximum Gasteiger partial charge on any atom is 0.0707 e. The van der Waals surface area contributed by atoms with Gasteiger partial charge in [-0.05, 0) is 31.2 Å². The summed E-state index contributed by atoms with van der Waals surface area (Å²) in [7, 11) is 0. The third-order valence-electron chi connectivity index (χ3n) is 2.20. The topological polar surface area (TPSA) is 64.9 Å². The molecule has 0 spiro atoms. The maximum atomic E-state index is 5.75. The number of rotatable bonds is 1. The zero-order valence-electron chi connectivity index (χ0n) is 8.07. The molecule has 0 saturated heterocycles. The van der Waals surface area contributed by atoms with Crippen LogP contribution in [0.4, 0.5) is 5.69 Å². The maximum absolute atomic E-state index is 5.75. The Kier molecular flexibility index (Phi) is 2.09. The number of hydrogen-bond acceptors (Lipinski definition) is 3. The third-order valence-corrected chi connectivity index (χ3v) is 2.20. The molecular formula is C11H13N3. The molecule has 0 aliphatic heterocycles. The quantitative estimate of drug-likeness (QED) is 0.669. The van der Waals surface area contributed by atoms with Gasteiger partial charge in [0.2, 0.25) is 0 Å². The van der Waals surface area contributed by atoms with Crippen LogP contribution in [0.3, 0.4) is 0 Å². The molecule has 0 aliphatic carbocycles. The van der Waals surface area contributed by atoms with Crippen molar-refractivity contribution >= 4 is 16.6 Å². The van der Waals surface area contributed by atoms with Crippen molar-refractivity contribution in [2.24, 2.45) is 5.73 Å². The minimum Gasteiger partial charge on any atom is -0.399 e. The van der Waals surface area contributed by atoms with Gasteiger partial charge in [0.05, 0.1) is 11.2 Å². The van der Waals surface area contributed by atoms with Crippen LogP contribution in [-0.2, 0) is 0 Å². The molecule has 4 N–H and O–H groups in total. The summed E-state index contributed by atoms with van der Waals surface area (Å²) in [5, 5.41) is 1.05. The molecule has 1 atom stereocenters. The zero-order valence-corrected chi connectivity index (χ0v) is 8.07. The Labute approximate surface area is 82.7 Å². The Balaban J connectivity index is 2.62. The van der Waals surface area contributed by atoms with Gasteiger partial charge in [-0.15, -0.1) is 0 Å². The van der Waals surface area contributed by atoms with Crippen LogP contribution in [0.5, 0.6) is 0 Å². The van der Waals surface area contributed by atoms with Gasteiger partial charge in [0.25, 0.3) is 0 Å². The van der Waals surface area contributed by atoms with E-state index in [4.69, 9.17) is 11.5 Å². The number of nitrogens with zero attached hydrogens (tertiary/aromatic N) is 1. The highest BCUT2D eigenvalue weighted by Gasteiger charge is 2.02. The highest BCUT2D eigenvalue weighted by atomic mass is 14.8. The summed E-state index contributed by atoms with van der Waals surface area (Å²) < 4.78 is 0. The molecule has 3 nitrogen and oxygen atoms in total. The second-order valence-electron chi connectivity index (χ2n) is 3.48. The molecule has 2 aromatic rings. The van der Waals surface area contributed by atoms with E-state index < -0.39 is 0 Å². The van der Waals surface area contributed by atoms with E-state index >= 15 is 0 Å². The van der Waals surface area contributed by atoms with Crippen LogP contribution in [0.25, 0.3) is 10.9 Å². The Hall–Kier alpha value is -1.61. The lowest BCUT2D eigenvalue weighted by Crippen LogP contribution is -2.06. The third kappa shape index (κ3) is 1.54. The summed E-state index contributed by atoms with van der Waals surface area (Å²) in [6.45, 7) is 1.92. The fourth-order valence-electron chi connectivity index (χ4n) is 1.41. The van der Waals surface area contributed by atoms with Crippen LogP contribution in [0.2, 0.25) is 0 Å². The number of pyridine rings is 1. The molecule has 0 bridgehead atoms. The molecule has 1 aromatic heterocycles. The second kappa shape index (κ2) is 3.27. The normalized spacial score (nSPS) is 13.0. The molecule has 0 radical (unpaired) electrons. The molecular weight excluding hydrogens is 174 g/mol. The smallest absolute Gasteiger partial charge is 0.0707 e. The van der Waals surface area contributed by atoms with Gasteiger partial charge in [0.1, 0.15) is 0 Å². The van der Waals surface area contributed by atoms with E-state index in [0.717, 1.165) is 22.3 Å². The average molecular weight is 187 g/mol. The van der Waals surface area contributed by atoms with E-state index in [1.54, 1.807) is 0 Å². The highest BCUT2D eigenvalue weighted by Crippen LogP contribution is 2.17. The highest BCUT2D eigenvalue weighted by molar-refractivity contribution is 5.81. The van der Waals surface area contributed by atoms with E-state index in [2.05, 4.69) is 4.98 Å². The molecule has 2 rings (SSSR count). The Bertz CT molecular complexity index is 463. The lowest BCUT2D eigenvalue weighted by Gasteiger charge is -2.06. The lowest BCUT2D eigenvalue weighted by molar-refractivity contribution is 0.787. The van der Waals surface area contributed by atoms with Gasteiger partial charge in [-0.25, -0.2) is 0 Å². The molecule has 14 heavy (non-hydrogen) atoms. The van der Waals surface area contributed by atoms with E-state index in [0.29, 0.717) is 0 Å². The molecule has 1 aromatic carbocycles. The predicted octanol–water partition coefficient (Wildman–Crippen LogP) is 1.84. The number of nitrogens with two attached hydrogens (primary N) is 2. The largest absolute Gasteiger partial charge is 0.399 e. The van der Waals surface area contributed by atoms with Gasteiger partial charge in [-0.1, -0.05) is 6.07 Å². The van der Waals surface area contributed by atoms with Gasteiger partial charge >= 0.3 is 0 Å². The van der Waals surface area contributed by atoms with Gasteiger partial charge < -0.3 is 11.5 Å². The molecule has 1 heterocycles. The molecule has 0 fully saturated rings. The SMILES string of the molecule is CC(N)c1ccc2cc(N)ccc2n1. The molecule has 0 amide bonds. The van der Waals surface area contributed by atoms with Crippen LogP contribution in [0.15, 0.2) is 30.3 Å². The van der Waals surface area contributed by atoms with Gasteiger partial charge in [-0.3, -0.25) is 4.98 Å². The summed E-state index contributed by atoms with van der Waals surface area (Å²) >= 11 is 0. The van der Waals surface area contributed by atoms with Gasteiger partial charge in [0, 0.05) is 17.1 Å². The van der Waals surface area contributed by atoms with E-state index in [9.17, 15) is 0 Å². The fourth-order valence-corrected chi connectivity index (χ4v) is 1.41.